The Morgan fingerprint density at radius 1 is 1.11 bits per heavy atom. The number of aryl methyl sites for hydroxylation is 2. The van der Waals surface area contributed by atoms with Gasteiger partial charge in [0.25, 0.3) is 0 Å². The van der Waals surface area contributed by atoms with Crippen LogP contribution in [0.15, 0.2) is 0 Å². The van der Waals surface area contributed by atoms with Gasteiger partial charge in [0, 0.05) is 63.5 Å². The van der Waals surface area contributed by atoms with E-state index in [-0.39, 0.29) is 43.3 Å². The van der Waals surface area contributed by atoms with Gasteiger partial charge < -0.3 is 10.6 Å². The first kappa shape index (κ1) is 26.5. The first-order chi connectivity index (χ1) is 11.5. The fraction of sp³-hybridized carbons (Fsp3) is 0.778. The predicted molar refractivity (Wildman–Crippen MR) is 116 cm³/mol. The van der Waals surface area contributed by atoms with Crippen LogP contribution in [0.3, 0.4) is 0 Å². The fourth-order valence-electron chi connectivity index (χ4n) is 4.10. The van der Waals surface area contributed by atoms with Crippen molar-refractivity contribution in [2.75, 3.05) is 26.2 Å². The van der Waals surface area contributed by atoms with Crippen LogP contribution in [0.5, 0.6) is 0 Å². The lowest BCUT2D eigenvalue weighted by molar-refractivity contribution is -0.134. The zero-order valence-corrected chi connectivity index (χ0v) is 19.0. The van der Waals surface area contributed by atoms with Crippen molar-refractivity contribution in [3.8, 4) is 0 Å². The Morgan fingerprint density at radius 2 is 1.74 bits per heavy atom. The third-order valence-electron chi connectivity index (χ3n) is 5.92. The predicted octanol–water partition coefficient (Wildman–Crippen LogP) is 2.46. The minimum absolute atomic E-state index is 0. The summed E-state index contributed by atoms with van der Waals surface area (Å²) in [6, 6.07) is 0.228. The van der Waals surface area contributed by atoms with Gasteiger partial charge in [-0.25, -0.2) is 0 Å². The summed E-state index contributed by atoms with van der Waals surface area (Å²) in [5.74, 6) is 0.696. The summed E-state index contributed by atoms with van der Waals surface area (Å²) in [4.78, 5) is 17.0. The molecule has 1 amide bonds. The summed E-state index contributed by atoms with van der Waals surface area (Å²) < 4.78 is 1.95. The van der Waals surface area contributed by atoms with E-state index in [9.17, 15) is 4.79 Å². The second kappa shape index (κ2) is 11.5. The van der Waals surface area contributed by atoms with Gasteiger partial charge in [0.15, 0.2) is 0 Å². The molecule has 2 aliphatic rings. The normalized spacial score (nSPS) is 22.6. The van der Waals surface area contributed by atoms with Gasteiger partial charge in [-0.1, -0.05) is 6.42 Å². The molecule has 6 nitrogen and oxygen atoms in total. The van der Waals surface area contributed by atoms with Gasteiger partial charge in [-0.3, -0.25) is 14.4 Å². The third kappa shape index (κ3) is 6.23. The topological polar surface area (TPSA) is 67.4 Å². The molecule has 1 saturated carbocycles. The summed E-state index contributed by atoms with van der Waals surface area (Å²) >= 11 is 0. The molecule has 0 bridgehead atoms. The van der Waals surface area contributed by atoms with Crippen LogP contribution in [0, 0.1) is 19.8 Å². The van der Waals surface area contributed by atoms with Crippen molar-refractivity contribution in [1.82, 2.24) is 19.6 Å². The van der Waals surface area contributed by atoms with Crippen LogP contribution in [-0.2, 0) is 18.4 Å². The minimum atomic E-state index is 0. The molecule has 0 spiro atoms. The third-order valence-corrected chi connectivity index (χ3v) is 5.92. The van der Waals surface area contributed by atoms with E-state index in [1.807, 2.05) is 16.6 Å². The van der Waals surface area contributed by atoms with Crippen molar-refractivity contribution in [3.05, 3.63) is 17.0 Å². The number of halogens is 3. The van der Waals surface area contributed by atoms with Crippen LogP contribution in [0.2, 0.25) is 0 Å². The maximum atomic E-state index is 12.5. The Labute approximate surface area is 181 Å². The number of hydrogen-bond acceptors (Lipinski definition) is 4. The number of piperazine rings is 1. The monoisotopic (exact) mass is 441 g/mol. The van der Waals surface area contributed by atoms with Gasteiger partial charge in [0.2, 0.25) is 5.91 Å². The Hall–Kier alpha value is -0.530. The van der Waals surface area contributed by atoms with Crippen molar-refractivity contribution >= 4 is 43.1 Å². The maximum absolute atomic E-state index is 12.5. The fourth-order valence-corrected chi connectivity index (χ4v) is 4.10. The van der Waals surface area contributed by atoms with E-state index in [1.165, 1.54) is 17.7 Å². The Balaban J connectivity index is 0.00000225. The number of nitrogens with zero attached hydrogens (tertiary/aromatic N) is 4. The van der Waals surface area contributed by atoms with E-state index in [4.69, 9.17) is 5.73 Å². The molecule has 0 unspecified atom stereocenters. The standard InChI is InChI=1S/C18H31N5O.3ClH/c1-13-16(14(2)21(3)20-13)12-22-7-9-23(10-8-22)18(24)11-15-5-4-6-17(15)19;;;/h15,17H,4-12,19H2,1-3H3;3*1H/t15-,17+;;;/m0.../s1. The molecule has 158 valence electrons. The summed E-state index contributed by atoms with van der Waals surface area (Å²) in [7, 11) is 2.00. The highest BCUT2D eigenvalue weighted by molar-refractivity contribution is 5.86. The number of rotatable bonds is 4. The molecule has 0 radical (unpaired) electrons. The molecule has 1 aromatic heterocycles. The molecule has 2 N–H and O–H groups in total. The number of carbonyl (C=O) groups excluding carboxylic acids is 1. The molecule has 3 rings (SSSR count). The van der Waals surface area contributed by atoms with Crippen LogP contribution in [0.25, 0.3) is 0 Å². The lowest BCUT2D eigenvalue weighted by Crippen LogP contribution is -2.49. The molecule has 0 aromatic carbocycles. The quantitative estimate of drug-likeness (QED) is 0.778. The number of amides is 1. The summed E-state index contributed by atoms with van der Waals surface area (Å²) in [5, 5.41) is 4.50. The molecule has 2 heterocycles. The molecule has 2 fully saturated rings. The van der Waals surface area contributed by atoms with Crippen molar-refractivity contribution in [2.45, 2.75) is 52.1 Å². The van der Waals surface area contributed by atoms with Crippen LogP contribution < -0.4 is 5.73 Å². The molecule has 2 atom stereocenters. The minimum Gasteiger partial charge on any atom is -0.340 e. The van der Waals surface area contributed by atoms with Crippen molar-refractivity contribution in [1.29, 1.82) is 0 Å². The summed E-state index contributed by atoms with van der Waals surface area (Å²) in [6.45, 7) is 8.68. The Kier molecular flexibility index (Phi) is 11.2. The smallest absolute Gasteiger partial charge is 0.222 e. The highest BCUT2D eigenvalue weighted by atomic mass is 35.5. The summed E-state index contributed by atoms with van der Waals surface area (Å²) in [5.41, 5.74) is 9.79. The number of carbonyl (C=O) groups is 1. The van der Waals surface area contributed by atoms with E-state index >= 15 is 0 Å². The molecular formula is C18H34Cl3N5O. The molecular weight excluding hydrogens is 409 g/mol. The largest absolute Gasteiger partial charge is 0.340 e. The van der Waals surface area contributed by atoms with E-state index in [0.29, 0.717) is 18.2 Å². The SMILES string of the molecule is Cc1nn(C)c(C)c1CN1CCN(C(=O)C[C@@H]2CCC[C@H]2N)CC1.Cl.Cl.Cl. The average molecular weight is 443 g/mol. The first-order valence-corrected chi connectivity index (χ1v) is 9.20. The van der Waals surface area contributed by atoms with Crippen molar-refractivity contribution in [3.63, 3.8) is 0 Å². The molecule has 9 heteroatoms. The summed E-state index contributed by atoms with van der Waals surface area (Å²) in [6.07, 6.45) is 4.01. The van der Waals surface area contributed by atoms with Crippen molar-refractivity contribution in [2.24, 2.45) is 18.7 Å². The average Bonchev–Trinajstić information content (AvgIpc) is 3.06. The highest BCUT2D eigenvalue weighted by Crippen LogP contribution is 2.27. The zero-order valence-electron chi connectivity index (χ0n) is 16.5. The van der Waals surface area contributed by atoms with Gasteiger partial charge in [0.05, 0.1) is 5.69 Å². The Bertz CT molecular complexity index is 602. The van der Waals surface area contributed by atoms with Crippen LogP contribution in [-0.4, -0.2) is 57.7 Å². The van der Waals surface area contributed by atoms with E-state index in [2.05, 4.69) is 23.8 Å². The van der Waals surface area contributed by atoms with Gasteiger partial charge in [-0.15, -0.1) is 37.2 Å². The zero-order chi connectivity index (χ0) is 17.3. The van der Waals surface area contributed by atoms with Gasteiger partial charge >= 0.3 is 0 Å². The van der Waals surface area contributed by atoms with E-state index < -0.39 is 0 Å². The van der Waals surface area contributed by atoms with Crippen molar-refractivity contribution < 1.29 is 4.79 Å². The van der Waals surface area contributed by atoms with Gasteiger partial charge in [-0.05, 0) is 32.6 Å². The molecule has 1 saturated heterocycles. The lowest BCUT2D eigenvalue weighted by atomic mass is 9.99. The van der Waals surface area contributed by atoms with Crippen LogP contribution >= 0.6 is 37.2 Å². The number of hydrogen-bond donors (Lipinski definition) is 1. The van der Waals surface area contributed by atoms with Gasteiger partial charge in [-0.2, -0.15) is 5.10 Å². The maximum Gasteiger partial charge on any atom is 0.222 e. The number of nitrogens with two attached hydrogens (primary N) is 1. The van der Waals surface area contributed by atoms with E-state index in [0.717, 1.165) is 51.3 Å². The lowest BCUT2D eigenvalue weighted by Gasteiger charge is -2.35. The van der Waals surface area contributed by atoms with E-state index in [1.54, 1.807) is 0 Å². The van der Waals surface area contributed by atoms with Crippen LogP contribution in [0.4, 0.5) is 0 Å². The molecule has 27 heavy (non-hydrogen) atoms. The Morgan fingerprint density at radius 3 is 2.22 bits per heavy atom. The number of aromatic nitrogens is 2. The molecule has 1 aliphatic carbocycles. The molecule has 1 aliphatic heterocycles. The first-order valence-electron chi connectivity index (χ1n) is 9.20. The second-order valence-corrected chi connectivity index (χ2v) is 7.49. The second-order valence-electron chi connectivity index (χ2n) is 7.49. The highest BCUT2D eigenvalue weighted by Gasteiger charge is 2.29. The van der Waals surface area contributed by atoms with Gasteiger partial charge in [0.1, 0.15) is 0 Å². The molecule has 1 aromatic rings. The van der Waals surface area contributed by atoms with Crippen LogP contribution in [0.1, 0.15) is 42.6 Å².